The predicted octanol–water partition coefficient (Wildman–Crippen LogP) is 3.34. The lowest BCUT2D eigenvalue weighted by Gasteiger charge is -2.06. The number of carbonyl (C=O) groups is 1. The van der Waals surface area contributed by atoms with Gasteiger partial charge in [-0.2, -0.15) is 0 Å². The third-order valence-corrected chi connectivity index (χ3v) is 3.09. The molecule has 0 spiro atoms. The van der Waals surface area contributed by atoms with Gasteiger partial charge < -0.3 is 9.73 Å². The van der Waals surface area contributed by atoms with Crippen molar-refractivity contribution in [1.29, 1.82) is 0 Å². The van der Waals surface area contributed by atoms with Gasteiger partial charge in [-0.15, -0.1) is 0 Å². The number of nitrogens with one attached hydrogen (secondary N) is 1. The van der Waals surface area contributed by atoms with Gasteiger partial charge in [-0.1, -0.05) is 43.7 Å². The largest absolute Gasteiger partial charge is 0.436 e. The first kappa shape index (κ1) is 14.3. The number of amides is 1. The number of hydrogen-bond acceptors (Lipinski definition) is 3. The van der Waals surface area contributed by atoms with Crippen molar-refractivity contribution >= 4 is 5.91 Å². The highest BCUT2D eigenvalue weighted by Gasteiger charge is 2.20. The Labute approximate surface area is 119 Å². The van der Waals surface area contributed by atoms with Crippen molar-refractivity contribution in [2.45, 2.75) is 40.2 Å². The minimum Gasteiger partial charge on any atom is -0.436 e. The highest BCUT2D eigenvalue weighted by atomic mass is 16.4. The topological polar surface area (TPSA) is 55.1 Å². The van der Waals surface area contributed by atoms with Gasteiger partial charge in [-0.3, -0.25) is 4.79 Å². The molecule has 4 nitrogen and oxygen atoms in total. The van der Waals surface area contributed by atoms with Crippen LogP contribution in [0.2, 0.25) is 0 Å². The van der Waals surface area contributed by atoms with E-state index in [-0.39, 0.29) is 11.8 Å². The maximum Gasteiger partial charge on any atom is 0.289 e. The number of aromatic nitrogens is 1. The van der Waals surface area contributed by atoms with Gasteiger partial charge in [0.2, 0.25) is 5.76 Å². The Hall–Kier alpha value is -2.10. The van der Waals surface area contributed by atoms with Crippen LogP contribution in [0.4, 0.5) is 0 Å². The summed E-state index contributed by atoms with van der Waals surface area (Å²) in [5.74, 6) is 0.793. The van der Waals surface area contributed by atoms with Gasteiger partial charge in [0, 0.05) is 13.5 Å². The average molecular weight is 272 g/mol. The normalized spacial score (nSPS) is 10.8. The second kappa shape index (κ2) is 5.90. The van der Waals surface area contributed by atoms with E-state index in [1.165, 1.54) is 5.56 Å². The Morgan fingerprint density at radius 2 is 1.90 bits per heavy atom. The first-order valence-corrected chi connectivity index (χ1v) is 6.78. The van der Waals surface area contributed by atoms with Crippen LogP contribution in [-0.4, -0.2) is 10.9 Å². The zero-order valence-corrected chi connectivity index (χ0v) is 12.4. The summed E-state index contributed by atoms with van der Waals surface area (Å²) in [5.41, 5.74) is 2.98. The van der Waals surface area contributed by atoms with Gasteiger partial charge in [0.15, 0.2) is 5.89 Å². The fraction of sp³-hybridized carbons (Fsp3) is 0.375. The first-order valence-electron chi connectivity index (χ1n) is 6.78. The molecule has 1 amide bonds. The summed E-state index contributed by atoms with van der Waals surface area (Å²) in [6, 6.07) is 8.06. The number of rotatable bonds is 4. The SMILES string of the molecule is Cc1ccc(CNC(=O)c2oc(C)nc2C(C)C)cc1. The lowest BCUT2D eigenvalue weighted by atomic mass is 10.1. The second-order valence-electron chi connectivity index (χ2n) is 5.27. The van der Waals surface area contributed by atoms with E-state index in [1.807, 2.05) is 45.0 Å². The lowest BCUT2D eigenvalue weighted by Crippen LogP contribution is -2.23. The molecule has 4 heteroatoms. The molecule has 0 aliphatic rings. The molecule has 0 aliphatic carbocycles. The van der Waals surface area contributed by atoms with Crippen molar-refractivity contribution in [1.82, 2.24) is 10.3 Å². The minimum absolute atomic E-state index is 0.160. The molecular weight excluding hydrogens is 252 g/mol. The van der Waals surface area contributed by atoms with E-state index in [0.29, 0.717) is 23.9 Å². The van der Waals surface area contributed by atoms with Crippen molar-refractivity contribution in [2.24, 2.45) is 0 Å². The summed E-state index contributed by atoms with van der Waals surface area (Å²) in [5, 5.41) is 2.87. The molecule has 0 radical (unpaired) electrons. The molecule has 0 fully saturated rings. The summed E-state index contributed by atoms with van der Waals surface area (Å²) in [4.78, 5) is 16.4. The summed E-state index contributed by atoms with van der Waals surface area (Å²) in [6.07, 6.45) is 0. The van der Waals surface area contributed by atoms with Crippen LogP contribution in [-0.2, 0) is 6.54 Å². The van der Waals surface area contributed by atoms with E-state index in [0.717, 1.165) is 5.56 Å². The molecule has 106 valence electrons. The van der Waals surface area contributed by atoms with E-state index in [2.05, 4.69) is 10.3 Å². The van der Waals surface area contributed by atoms with Gasteiger partial charge in [0.05, 0.1) is 5.69 Å². The number of nitrogens with zero attached hydrogens (tertiary/aromatic N) is 1. The molecule has 0 aliphatic heterocycles. The third kappa shape index (κ3) is 3.26. The summed E-state index contributed by atoms with van der Waals surface area (Å²) >= 11 is 0. The van der Waals surface area contributed by atoms with Crippen LogP contribution in [0.5, 0.6) is 0 Å². The Balaban J connectivity index is 2.07. The summed E-state index contributed by atoms with van der Waals surface area (Å²) in [6.45, 7) is 8.26. The van der Waals surface area contributed by atoms with Crippen LogP contribution < -0.4 is 5.32 Å². The molecule has 0 unspecified atom stereocenters. The lowest BCUT2D eigenvalue weighted by molar-refractivity contribution is 0.0920. The number of carbonyl (C=O) groups excluding carboxylic acids is 1. The van der Waals surface area contributed by atoms with E-state index >= 15 is 0 Å². The van der Waals surface area contributed by atoms with Crippen molar-refractivity contribution < 1.29 is 9.21 Å². The molecule has 1 aromatic carbocycles. The minimum atomic E-state index is -0.213. The fourth-order valence-corrected chi connectivity index (χ4v) is 1.97. The Morgan fingerprint density at radius 1 is 1.25 bits per heavy atom. The van der Waals surface area contributed by atoms with Gasteiger partial charge in [0.25, 0.3) is 5.91 Å². The summed E-state index contributed by atoms with van der Waals surface area (Å²) < 4.78 is 5.42. The van der Waals surface area contributed by atoms with E-state index < -0.39 is 0 Å². The van der Waals surface area contributed by atoms with Crippen molar-refractivity contribution in [3.05, 3.63) is 52.7 Å². The number of aryl methyl sites for hydroxylation is 2. The van der Waals surface area contributed by atoms with Crippen molar-refractivity contribution in [2.75, 3.05) is 0 Å². The first-order chi connectivity index (χ1) is 9.47. The smallest absolute Gasteiger partial charge is 0.289 e. The Kier molecular flexibility index (Phi) is 4.23. The van der Waals surface area contributed by atoms with Gasteiger partial charge in [0.1, 0.15) is 0 Å². The molecule has 1 aromatic heterocycles. The second-order valence-corrected chi connectivity index (χ2v) is 5.27. The Bertz CT molecular complexity index is 597. The highest BCUT2D eigenvalue weighted by molar-refractivity contribution is 5.92. The Morgan fingerprint density at radius 3 is 2.50 bits per heavy atom. The van der Waals surface area contributed by atoms with E-state index in [1.54, 1.807) is 6.92 Å². The molecular formula is C16H20N2O2. The molecule has 0 bridgehead atoms. The average Bonchev–Trinajstić information content (AvgIpc) is 2.80. The molecule has 0 saturated carbocycles. The molecule has 0 saturated heterocycles. The maximum absolute atomic E-state index is 12.2. The monoisotopic (exact) mass is 272 g/mol. The van der Waals surface area contributed by atoms with Crippen LogP contribution in [0.3, 0.4) is 0 Å². The quantitative estimate of drug-likeness (QED) is 0.928. The fourth-order valence-electron chi connectivity index (χ4n) is 1.97. The van der Waals surface area contributed by atoms with Crippen LogP contribution in [0.25, 0.3) is 0 Å². The third-order valence-electron chi connectivity index (χ3n) is 3.09. The summed E-state index contributed by atoms with van der Waals surface area (Å²) in [7, 11) is 0. The number of hydrogen-bond donors (Lipinski definition) is 1. The van der Waals surface area contributed by atoms with Crippen LogP contribution in [0.1, 0.15) is 53.0 Å². The molecule has 0 atom stereocenters. The number of benzene rings is 1. The molecule has 1 N–H and O–H groups in total. The van der Waals surface area contributed by atoms with Gasteiger partial charge in [-0.05, 0) is 18.4 Å². The van der Waals surface area contributed by atoms with E-state index in [4.69, 9.17) is 4.42 Å². The predicted molar refractivity (Wildman–Crippen MR) is 77.7 cm³/mol. The zero-order chi connectivity index (χ0) is 14.7. The zero-order valence-electron chi connectivity index (χ0n) is 12.4. The van der Waals surface area contributed by atoms with Crippen LogP contribution >= 0.6 is 0 Å². The van der Waals surface area contributed by atoms with Crippen LogP contribution in [0, 0.1) is 13.8 Å². The maximum atomic E-state index is 12.2. The van der Waals surface area contributed by atoms with Crippen molar-refractivity contribution in [3.8, 4) is 0 Å². The van der Waals surface area contributed by atoms with Gasteiger partial charge in [-0.25, -0.2) is 4.98 Å². The van der Waals surface area contributed by atoms with Crippen molar-refractivity contribution in [3.63, 3.8) is 0 Å². The number of oxazole rings is 1. The van der Waals surface area contributed by atoms with E-state index in [9.17, 15) is 4.79 Å². The molecule has 2 aromatic rings. The van der Waals surface area contributed by atoms with Gasteiger partial charge >= 0.3 is 0 Å². The molecule has 1 heterocycles. The highest BCUT2D eigenvalue weighted by Crippen LogP contribution is 2.19. The molecule has 20 heavy (non-hydrogen) atoms. The molecule has 2 rings (SSSR count). The van der Waals surface area contributed by atoms with Crippen LogP contribution in [0.15, 0.2) is 28.7 Å². The standard InChI is InChI=1S/C16H20N2O2/c1-10(2)14-15(20-12(4)18-14)16(19)17-9-13-7-5-11(3)6-8-13/h5-8,10H,9H2,1-4H3,(H,17,19).